The van der Waals surface area contributed by atoms with E-state index in [1.165, 1.54) is 11.1 Å². The van der Waals surface area contributed by atoms with E-state index >= 15 is 0 Å². The van der Waals surface area contributed by atoms with Crippen molar-refractivity contribution >= 4 is 5.91 Å². The zero-order chi connectivity index (χ0) is 9.68. The fourth-order valence-electron chi connectivity index (χ4n) is 1.22. The van der Waals surface area contributed by atoms with Gasteiger partial charge in [-0.1, -0.05) is 29.8 Å². The second kappa shape index (κ2) is 6.72. The van der Waals surface area contributed by atoms with Crippen LogP contribution in [0.5, 0.6) is 0 Å². The number of rotatable bonds is 4. The molecule has 1 rings (SSSR count). The summed E-state index contributed by atoms with van der Waals surface area (Å²) in [7, 11) is 0. The second-order valence-corrected chi connectivity index (χ2v) is 3.31. The third-order valence-electron chi connectivity index (χ3n) is 2.01. The molecule has 0 bridgehead atoms. The number of hydrogen-bond acceptors (Lipinski definition) is 1. The molecule has 0 fully saturated rings. The molecule has 2 N–H and O–H groups in total. The van der Waals surface area contributed by atoms with Crippen LogP contribution >= 0.6 is 0 Å². The molecule has 0 aliphatic carbocycles. The Kier molecular flexibility index (Phi) is 6.39. The van der Waals surface area contributed by atoms with Crippen molar-refractivity contribution in [3.05, 3.63) is 35.4 Å². The number of hydrogen-bond donors (Lipinski definition) is 1. The number of carbonyl (C=O) groups excluding carboxylic acids is 1. The van der Waals surface area contributed by atoms with Gasteiger partial charge in [-0.25, -0.2) is 0 Å². The average molecular weight is 243 g/mol. The van der Waals surface area contributed by atoms with E-state index < -0.39 is 0 Å². The summed E-state index contributed by atoms with van der Waals surface area (Å²) in [5.41, 5.74) is 7.57. The molecule has 14 heavy (non-hydrogen) atoms. The zero-order valence-corrected chi connectivity index (χ0v) is 11.6. The quantitative estimate of drug-likeness (QED) is 0.804. The van der Waals surface area contributed by atoms with Crippen LogP contribution in [0.3, 0.4) is 0 Å². The van der Waals surface area contributed by atoms with E-state index in [9.17, 15) is 4.79 Å². The average Bonchev–Trinajstić information content (AvgIpc) is 2.08. The monoisotopic (exact) mass is 241 g/mol. The van der Waals surface area contributed by atoms with E-state index in [4.69, 9.17) is 5.73 Å². The summed E-state index contributed by atoms with van der Waals surface area (Å²) in [4.78, 5) is 10.5. The van der Waals surface area contributed by atoms with Gasteiger partial charge in [-0.15, -0.1) is 0 Å². The van der Waals surface area contributed by atoms with Crippen LogP contribution in [-0.4, -0.2) is 5.91 Å². The van der Waals surface area contributed by atoms with Crippen molar-refractivity contribution in [2.24, 2.45) is 5.73 Å². The summed E-state index contributed by atoms with van der Waals surface area (Å²) in [6.07, 6.45) is 2.26. The van der Waals surface area contributed by atoms with Gasteiger partial charge in [-0.3, -0.25) is 4.79 Å². The molecule has 2 nitrogen and oxygen atoms in total. The van der Waals surface area contributed by atoms with Gasteiger partial charge >= 0.3 is 0 Å². The van der Waals surface area contributed by atoms with Crippen LogP contribution in [0.2, 0.25) is 0 Å². The molecular weight excluding hydrogens is 228 g/mol. The van der Waals surface area contributed by atoms with Crippen LogP contribution in [0.15, 0.2) is 24.3 Å². The Morgan fingerprint density at radius 3 is 2.36 bits per heavy atom. The van der Waals surface area contributed by atoms with Gasteiger partial charge in [0.15, 0.2) is 0 Å². The van der Waals surface area contributed by atoms with Crippen molar-refractivity contribution in [1.82, 2.24) is 0 Å². The van der Waals surface area contributed by atoms with Crippen LogP contribution in [0, 0.1) is 6.92 Å². The number of amides is 1. The Labute approximate surface area is 97.6 Å². The van der Waals surface area contributed by atoms with Crippen molar-refractivity contribution in [2.45, 2.75) is 26.2 Å². The smallest absolute Gasteiger partial charge is 0.217 e. The van der Waals surface area contributed by atoms with E-state index in [1.807, 2.05) is 0 Å². The second-order valence-electron chi connectivity index (χ2n) is 3.31. The summed E-state index contributed by atoms with van der Waals surface area (Å²) in [6.45, 7) is 2.06. The van der Waals surface area contributed by atoms with E-state index in [2.05, 4.69) is 31.2 Å². The molecule has 72 valence electrons. The largest absolute Gasteiger partial charge is 0.370 e. The molecule has 1 amide bonds. The molecule has 0 radical (unpaired) electrons. The van der Waals surface area contributed by atoms with Gasteiger partial charge < -0.3 is 5.73 Å². The van der Waals surface area contributed by atoms with E-state index in [1.54, 1.807) is 0 Å². The molecule has 3 heteroatoms. The normalized spacial score (nSPS) is 9.21. The van der Waals surface area contributed by atoms with Gasteiger partial charge in [0.05, 0.1) is 0 Å². The number of carbonyl (C=O) groups is 1. The molecular formula is C11H15NOZn. The van der Waals surface area contributed by atoms with Gasteiger partial charge in [-0.05, 0) is 25.3 Å². The molecule has 0 spiro atoms. The predicted octanol–water partition coefficient (Wildman–Crippen LogP) is 1.80. The molecule has 1 aromatic carbocycles. The van der Waals surface area contributed by atoms with E-state index in [0.29, 0.717) is 6.42 Å². The third kappa shape index (κ3) is 5.13. The van der Waals surface area contributed by atoms with Crippen LogP contribution in [0.25, 0.3) is 0 Å². The molecule has 0 unspecified atom stereocenters. The summed E-state index contributed by atoms with van der Waals surface area (Å²) < 4.78 is 0. The van der Waals surface area contributed by atoms with Crippen molar-refractivity contribution in [3.63, 3.8) is 0 Å². The maximum Gasteiger partial charge on any atom is 0.217 e. The Bertz CT molecular complexity index is 282. The minimum Gasteiger partial charge on any atom is -0.370 e. The Hall–Kier alpha value is -0.687. The summed E-state index contributed by atoms with van der Waals surface area (Å²) in [5.74, 6) is -0.216. The van der Waals surface area contributed by atoms with Crippen molar-refractivity contribution in [2.75, 3.05) is 0 Å². The first-order valence-electron chi connectivity index (χ1n) is 4.52. The number of benzene rings is 1. The van der Waals surface area contributed by atoms with Crippen LogP contribution in [-0.2, 0) is 30.7 Å². The first kappa shape index (κ1) is 13.3. The molecule has 0 saturated heterocycles. The number of aryl methyl sites for hydroxylation is 2. The Balaban J connectivity index is 0.00000169. The minimum absolute atomic E-state index is 0. The maximum atomic E-state index is 10.5. The predicted molar refractivity (Wildman–Crippen MR) is 53.3 cm³/mol. The fraction of sp³-hybridized carbons (Fsp3) is 0.364. The van der Waals surface area contributed by atoms with Gasteiger partial charge in [0, 0.05) is 25.9 Å². The standard InChI is InChI=1S/C11H15NO.Zn/c1-9-5-7-10(8-6-9)3-2-4-11(12)13;/h5-8H,2-4H2,1H3,(H2,12,13);. The number of nitrogens with two attached hydrogens (primary N) is 1. The van der Waals surface area contributed by atoms with Gasteiger partial charge in [-0.2, -0.15) is 0 Å². The summed E-state index contributed by atoms with van der Waals surface area (Å²) >= 11 is 0. The van der Waals surface area contributed by atoms with Gasteiger partial charge in [0.1, 0.15) is 0 Å². The first-order chi connectivity index (χ1) is 6.18. The molecule has 0 aliphatic rings. The van der Waals surface area contributed by atoms with Crippen molar-refractivity contribution in [3.8, 4) is 0 Å². The van der Waals surface area contributed by atoms with Crippen molar-refractivity contribution in [1.29, 1.82) is 0 Å². The van der Waals surface area contributed by atoms with Crippen molar-refractivity contribution < 1.29 is 24.3 Å². The summed E-state index contributed by atoms with van der Waals surface area (Å²) in [5, 5.41) is 0. The molecule has 1 aromatic rings. The minimum atomic E-state index is -0.216. The fourth-order valence-corrected chi connectivity index (χ4v) is 1.22. The third-order valence-corrected chi connectivity index (χ3v) is 2.01. The number of primary amides is 1. The van der Waals surface area contributed by atoms with Crippen LogP contribution in [0.1, 0.15) is 24.0 Å². The maximum absolute atomic E-state index is 10.5. The topological polar surface area (TPSA) is 43.1 Å². The molecule has 0 saturated carbocycles. The van der Waals surface area contributed by atoms with Crippen LogP contribution in [0.4, 0.5) is 0 Å². The molecule has 0 aliphatic heterocycles. The zero-order valence-electron chi connectivity index (χ0n) is 8.62. The summed E-state index contributed by atoms with van der Waals surface area (Å²) in [6, 6.07) is 8.35. The van der Waals surface area contributed by atoms with Gasteiger partial charge in [0.2, 0.25) is 5.91 Å². The van der Waals surface area contributed by atoms with Crippen LogP contribution < -0.4 is 5.73 Å². The molecule has 0 heterocycles. The SMILES string of the molecule is Cc1ccc(CCCC(N)=O)cc1.[Zn]. The Morgan fingerprint density at radius 2 is 1.86 bits per heavy atom. The molecule has 0 aromatic heterocycles. The molecule has 0 atom stereocenters. The first-order valence-corrected chi connectivity index (χ1v) is 4.52. The van der Waals surface area contributed by atoms with Gasteiger partial charge in [0.25, 0.3) is 0 Å². The Morgan fingerprint density at radius 1 is 1.29 bits per heavy atom. The van der Waals surface area contributed by atoms with E-state index in [-0.39, 0.29) is 25.4 Å². The van der Waals surface area contributed by atoms with E-state index in [0.717, 1.165) is 12.8 Å².